The van der Waals surface area contributed by atoms with Gasteiger partial charge in [-0.25, -0.2) is 10.5 Å². The SMILES string of the molecule is CCC1CC1(SC)C(C=CC(C)=Nc1nc(OC2=CCCC=C2)nc(N2CCN(C)CC2)n1)N=N. The van der Waals surface area contributed by atoms with Crippen LogP contribution >= 0.6 is 11.8 Å². The normalized spacial score (nSPS) is 26.1. The van der Waals surface area contributed by atoms with E-state index in [0.29, 0.717) is 17.8 Å². The molecule has 1 saturated heterocycles. The molecule has 1 saturated carbocycles. The zero-order valence-electron chi connectivity index (χ0n) is 21.1. The molecule has 0 radical (unpaired) electrons. The van der Waals surface area contributed by atoms with E-state index >= 15 is 0 Å². The van der Waals surface area contributed by atoms with E-state index in [1.54, 1.807) is 0 Å². The topological polar surface area (TPSA) is 103 Å². The number of thioether (sulfide) groups is 1. The fourth-order valence-corrected chi connectivity index (χ4v) is 5.88. The number of ether oxygens (including phenoxy) is 1. The third kappa shape index (κ3) is 6.16. The molecule has 9 nitrogen and oxygen atoms in total. The first kappa shape index (κ1) is 25.5. The molecular weight excluding hydrogens is 460 g/mol. The van der Waals surface area contributed by atoms with E-state index in [-0.39, 0.29) is 16.8 Å². The fourth-order valence-electron chi connectivity index (χ4n) is 4.64. The summed E-state index contributed by atoms with van der Waals surface area (Å²) in [4.78, 5) is 22.8. The summed E-state index contributed by atoms with van der Waals surface area (Å²) < 4.78 is 6.02. The standard InChI is InChI=1S/C25H36N8OS/c1-5-19-17-25(19,35-4)21(31-26)12-11-18(2)27-22-28-23(33-15-13-32(3)14-16-33)30-24(29-22)34-20-9-7-6-8-10-20/h7,9-12,19,21,26H,5-6,8,13-17H2,1-4H3. The van der Waals surface area contributed by atoms with Crippen LogP contribution in [0.3, 0.4) is 0 Å². The van der Waals surface area contributed by atoms with Crippen LogP contribution in [-0.2, 0) is 0 Å². The van der Waals surface area contributed by atoms with Crippen LogP contribution in [0, 0.1) is 11.4 Å². The predicted octanol–water partition coefficient (Wildman–Crippen LogP) is 4.82. The summed E-state index contributed by atoms with van der Waals surface area (Å²) in [5.74, 6) is 2.26. The minimum atomic E-state index is -0.157. The van der Waals surface area contributed by atoms with E-state index in [1.807, 2.05) is 43.0 Å². The van der Waals surface area contributed by atoms with Crippen LogP contribution in [0.1, 0.15) is 39.5 Å². The number of aliphatic imine (C=N–C) groups is 1. The van der Waals surface area contributed by atoms with Gasteiger partial charge in [-0.3, -0.25) is 0 Å². The lowest BCUT2D eigenvalue weighted by Gasteiger charge is -2.32. The van der Waals surface area contributed by atoms with E-state index in [9.17, 15) is 0 Å². The maximum absolute atomic E-state index is 7.75. The lowest BCUT2D eigenvalue weighted by molar-refractivity contribution is 0.310. The van der Waals surface area contributed by atoms with Crippen molar-refractivity contribution in [2.45, 2.75) is 50.3 Å². The van der Waals surface area contributed by atoms with Gasteiger partial charge in [0.2, 0.25) is 5.95 Å². The van der Waals surface area contributed by atoms with Crippen molar-refractivity contribution in [3.63, 3.8) is 0 Å². The minimum absolute atomic E-state index is 0.0390. The van der Waals surface area contributed by atoms with Crippen LogP contribution in [0.2, 0.25) is 0 Å². The molecule has 35 heavy (non-hydrogen) atoms. The van der Waals surface area contributed by atoms with Gasteiger partial charge in [-0.15, -0.1) is 0 Å². The molecule has 0 amide bonds. The molecule has 0 spiro atoms. The maximum atomic E-state index is 7.75. The van der Waals surface area contributed by atoms with Gasteiger partial charge in [-0.1, -0.05) is 25.5 Å². The predicted molar refractivity (Wildman–Crippen MR) is 142 cm³/mol. The third-order valence-electron chi connectivity index (χ3n) is 6.95. The second-order valence-electron chi connectivity index (χ2n) is 9.35. The molecule has 2 heterocycles. The van der Waals surface area contributed by atoms with Gasteiger partial charge in [0.05, 0.1) is 0 Å². The Hall–Kier alpha value is -2.59. The van der Waals surface area contributed by atoms with Crippen molar-refractivity contribution in [1.82, 2.24) is 19.9 Å². The second kappa shape index (κ2) is 11.4. The highest BCUT2D eigenvalue weighted by molar-refractivity contribution is 8.00. The first-order valence-corrected chi connectivity index (χ1v) is 13.6. The molecule has 1 N–H and O–H groups in total. The number of anilines is 1. The molecule has 0 aromatic carbocycles. The van der Waals surface area contributed by atoms with Crippen molar-refractivity contribution in [3.05, 3.63) is 36.1 Å². The van der Waals surface area contributed by atoms with E-state index in [2.05, 4.69) is 61.2 Å². The van der Waals surface area contributed by atoms with Gasteiger partial charge >= 0.3 is 6.01 Å². The van der Waals surface area contributed by atoms with Crippen molar-refractivity contribution in [2.75, 3.05) is 44.4 Å². The number of hydrogen-bond donors (Lipinski definition) is 1. The molecule has 3 atom stereocenters. The lowest BCUT2D eigenvalue weighted by Crippen LogP contribution is -2.45. The highest BCUT2D eigenvalue weighted by Crippen LogP contribution is 2.58. The number of nitrogens with one attached hydrogen (secondary N) is 1. The fraction of sp³-hybridized carbons (Fsp3) is 0.600. The molecule has 2 fully saturated rings. The number of piperazine rings is 1. The lowest BCUT2D eigenvalue weighted by atomic mass is 10.1. The maximum Gasteiger partial charge on any atom is 0.328 e. The van der Waals surface area contributed by atoms with E-state index in [0.717, 1.165) is 63.3 Å². The quantitative estimate of drug-likeness (QED) is 0.366. The van der Waals surface area contributed by atoms with E-state index < -0.39 is 0 Å². The smallest absolute Gasteiger partial charge is 0.328 e. The van der Waals surface area contributed by atoms with Crippen molar-refractivity contribution >= 4 is 29.4 Å². The van der Waals surface area contributed by atoms with Crippen LogP contribution in [0.5, 0.6) is 6.01 Å². The van der Waals surface area contributed by atoms with E-state index in [1.165, 1.54) is 0 Å². The van der Waals surface area contributed by atoms with E-state index in [4.69, 9.17) is 10.3 Å². The number of rotatable bonds is 10. The molecular formula is C25H36N8OS. The highest BCUT2D eigenvalue weighted by atomic mass is 32.2. The molecule has 3 unspecified atom stereocenters. The van der Waals surface area contributed by atoms with Crippen LogP contribution in [0.25, 0.3) is 0 Å². The van der Waals surface area contributed by atoms with Gasteiger partial charge in [-0.05, 0) is 63.6 Å². The minimum Gasteiger partial charge on any atom is -0.424 e. The Morgan fingerprint density at radius 2 is 2.09 bits per heavy atom. The van der Waals surface area contributed by atoms with Gasteiger partial charge < -0.3 is 14.5 Å². The summed E-state index contributed by atoms with van der Waals surface area (Å²) in [7, 11) is 2.12. The van der Waals surface area contributed by atoms with Crippen LogP contribution in [0.15, 0.2) is 46.2 Å². The number of aromatic nitrogens is 3. The monoisotopic (exact) mass is 496 g/mol. The summed E-state index contributed by atoms with van der Waals surface area (Å²) >= 11 is 1.82. The third-order valence-corrected chi connectivity index (χ3v) is 8.45. The van der Waals surface area contributed by atoms with Gasteiger partial charge in [0, 0.05) is 36.6 Å². The van der Waals surface area contributed by atoms with Gasteiger partial charge in [0.15, 0.2) is 0 Å². The molecule has 10 heteroatoms. The van der Waals surface area contributed by atoms with Crippen LogP contribution in [-0.4, -0.2) is 75.8 Å². The summed E-state index contributed by atoms with van der Waals surface area (Å²) in [6.07, 6.45) is 16.3. The number of hydrogen-bond acceptors (Lipinski definition) is 10. The summed E-state index contributed by atoms with van der Waals surface area (Å²) in [6, 6.07) is 0.0992. The Morgan fingerprint density at radius 3 is 2.71 bits per heavy atom. The van der Waals surface area contributed by atoms with Gasteiger partial charge in [0.1, 0.15) is 11.8 Å². The molecule has 1 aliphatic heterocycles. The molecule has 1 aromatic heterocycles. The Kier molecular flexibility index (Phi) is 8.33. The highest BCUT2D eigenvalue weighted by Gasteiger charge is 2.57. The second-order valence-corrected chi connectivity index (χ2v) is 10.5. The van der Waals surface area contributed by atoms with Crippen molar-refractivity contribution in [3.8, 4) is 6.01 Å². The first-order valence-electron chi connectivity index (χ1n) is 12.4. The van der Waals surface area contributed by atoms with Crippen molar-refractivity contribution in [2.24, 2.45) is 16.0 Å². The Morgan fingerprint density at radius 1 is 1.29 bits per heavy atom. The van der Waals surface area contributed by atoms with Crippen molar-refractivity contribution in [1.29, 1.82) is 5.53 Å². The average molecular weight is 497 g/mol. The van der Waals surface area contributed by atoms with Crippen LogP contribution in [0.4, 0.5) is 11.9 Å². The Labute approximate surface area is 212 Å². The number of allylic oxidation sites excluding steroid dienone is 4. The summed E-state index contributed by atoms with van der Waals surface area (Å²) in [5, 5.41) is 3.93. The van der Waals surface area contributed by atoms with Gasteiger partial charge in [-0.2, -0.15) is 31.8 Å². The Balaban J connectivity index is 1.56. The summed E-state index contributed by atoms with van der Waals surface area (Å²) in [6.45, 7) is 7.70. The zero-order valence-corrected chi connectivity index (χ0v) is 22.0. The summed E-state index contributed by atoms with van der Waals surface area (Å²) in [5.41, 5.74) is 8.50. The number of likely N-dealkylation sites (N-methyl/N-ethyl adjacent to an activating group) is 1. The van der Waals surface area contributed by atoms with Crippen molar-refractivity contribution < 1.29 is 4.74 Å². The molecule has 2 aliphatic carbocycles. The number of nitrogens with zero attached hydrogens (tertiary/aromatic N) is 7. The molecule has 3 aliphatic rings. The molecule has 0 bridgehead atoms. The largest absolute Gasteiger partial charge is 0.424 e. The van der Waals surface area contributed by atoms with Gasteiger partial charge in [0.25, 0.3) is 5.95 Å². The molecule has 188 valence electrons. The molecule has 4 rings (SSSR count). The van der Waals surface area contributed by atoms with Crippen LogP contribution < -0.4 is 9.64 Å². The average Bonchev–Trinajstić information content (AvgIpc) is 3.60. The zero-order chi connectivity index (χ0) is 24.8. The molecule has 1 aromatic rings. The Bertz CT molecular complexity index is 1030. The first-order chi connectivity index (χ1) is 17.0.